The topological polar surface area (TPSA) is 76.7 Å². The number of hydrogen-bond acceptors (Lipinski definition) is 5. The van der Waals surface area contributed by atoms with Gasteiger partial charge in [-0.2, -0.15) is 5.10 Å². The fraction of sp³-hybridized carbons (Fsp3) is 0.353. The molecule has 0 radical (unpaired) electrons. The van der Waals surface area contributed by atoms with E-state index >= 15 is 0 Å². The molecule has 6 nitrogen and oxygen atoms in total. The van der Waals surface area contributed by atoms with Crippen LogP contribution in [-0.2, 0) is 4.74 Å². The molecule has 0 unspecified atom stereocenters. The molecule has 1 aliphatic rings. The minimum Gasteiger partial charge on any atom is -0.477 e. The van der Waals surface area contributed by atoms with Crippen LogP contribution in [0.2, 0.25) is 0 Å². The van der Waals surface area contributed by atoms with Crippen LogP contribution in [0.15, 0.2) is 24.4 Å². The maximum Gasteiger partial charge on any atom is 0.347 e. The lowest BCUT2D eigenvalue weighted by molar-refractivity contribution is 0.0689. The predicted octanol–water partition coefficient (Wildman–Crippen LogP) is 3.36. The van der Waals surface area contributed by atoms with Gasteiger partial charge in [-0.1, -0.05) is 6.07 Å². The quantitative estimate of drug-likeness (QED) is 0.789. The number of rotatable bonds is 3. The first-order chi connectivity index (χ1) is 11.6. The van der Waals surface area contributed by atoms with Crippen molar-refractivity contribution in [2.24, 2.45) is 0 Å². The van der Waals surface area contributed by atoms with Crippen molar-refractivity contribution in [3.8, 4) is 10.6 Å². The van der Waals surface area contributed by atoms with Gasteiger partial charge in [0.05, 0.1) is 22.5 Å². The van der Waals surface area contributed by atoms with Gasteiger partial charge >= 0.3 is 5.97 Å². The number of hydrogen-bond donors (Lipinski definition) is 1. The summed E-state index contributed by atoms with van der Waals surface area (Å²) < 4.78 is 7.20. The van der Waals surface area contributed by atoms with E-state index in [2.05, 4.69) is 5.10 Å². The van der Waals surface area contributed by atoms with Gasteiger partial charge in [0.1, 0.15) is 9.88 Å². The van der Waals surface area contributed by atoms with E-state index in [1.807, 2.05) is 31.3 Å². The second-order valence-corrected chi connectivity index (χ2v) is 6.92. The Balaban J connectivity index is 1.86. The highest BCUT2D eigenvalue weighted by atomic mass is 32.1. The van der Waals surface area contributed by atoms with Crippen molar-refractivity contribution in [1.29, 1.82) is 0 Å². The third kappa shape index (κ3) is 2.50. The van der Waals surface area contributed by atoms with Gasteiger partial charge in [0.15, 0.2) is 0 Å². The molecule has 1 saturated heterocycles. The lowest BCUT2D eigenvalue weighted by Gasteiger charge is -2.20. The largest absolute Gasteiger partial charge is 0.477 e. The molecule has 24 heavy (non-hydrogen) atoms. The van der Waals surface area contributed by atoms with Crippen molar-refractivity contribution in [1.82, 2.24) is 14.6 Å². The standard InChI is InChI=1S/C17H17N3O3S/c1-10-13(12-4-2-3-7-20(12)19-10)16-18-14(15(24-16)17(21)22)11-5-8-23-9-6-11/h2-4,7,11H,5-6,8-9H2,1H3,(H,21,22). The van der Waals surface area contributed by atoms with E-state index in [9.17, 15) is 9.90 Å². The first-order valence-electron chi connectivity index (χ1n) is 7.91. The summed E-state index contributed by atoms with van der Waals surface area (Å²) in [6.07, 6.45) is 3.52. The van der Waals surface area contributed by atoms with Crippen LogP contribution in [0.4, 0.5) is 0 Å². The first-order valence-corrected chi connectivity index (χ1v) is 8.73. The summed E-state index contributed by atoms with van der Waals surface area (Å²) in [5.74, 6) is -0.758. The van der Waals surface area contributed by atoms with E-state index in [4.69, 9.17) is 9.72 Å². The molecule has 1 fully saturated rings. The van der Waals surface area contributed by atoms with Gasteiger partial charge in [-0.05, 0) is 31.9 Å². The number of ether oxygens (including phenoxy) is 1. The summed E-state index contributed by atoms with van der Waals surface area (Å²) in [5.41, 5.74) is 3.41. The number of carbonyl (C=O) groups is 1. The van der Waals surface area contributed by atoms with Gasteiger partial charge in [-0.25, -0.2) is 14.3 Å². The molecule has 3 aromatic rings. The number of fused-ring (bicyclic) bond motifs is 1. The van der Waals surface area contributed by atoms with E-state index < -0.39 is 5.97 Å². The van der Waals surface area contributed by atoms with Gasteiger partial charge in [0.25, 0.3) is 0 Å². The molecule has 124 valence electrons. The summed E-state index contributed by atoms with van der Waals surface area (Å²) in [6, 6.07) is 5.84. The first kappa shape index (κ1) is 15.3. The van der Waals surface area contributed by atoms with Crippen LogP contribution in [0.3, 0.4) is 0 Å². The van der Waals surface area contributed by atoms with Crippen molar-refractivity contribution in [2.45, 2.75) is 25.7 Å². The Morgan fingerprint density at radius 1 is 1.38 bits per heavy atom. The molecule has 0 bridgehead atoms. The highest BCUT2D eigenvalue weighted by Crippen LogP contribution is 2.38. The lowest BCUT2D eigenvalue weighted by Crippen LogP contribution is -2.16. The molecule has 4 heterocycles. The van der Waals surface area contributed by atoms with Crippen LogP contribution in [0.5, 0.6) is 0 Å². The Hall–Kier alpha value is -2.25. The predicted molar refractivity (Wildman–Crippen MR) is 90.8 cm³/mol. The van der Waals surface area contributed by atoms with Crippen molar-refractivity contribution in [3.63, 3.8) is 0 Å². The Morgan fingerprint density at radius 2 is 2.17 bits per heavy atom. The van der Waals surface area contributed by atoms with E-state index in [1.54, 1.807) is 4.52 Å². The molecule has 1 aliphatic heterocycles. The maximum absolute atomic E-state index is 11.7. The van der Waals surface area contributed by atoms with E-state index in [0.717, 1.165) is 34.6 Å². The number of carboxylic acids is 1. The molecule has 0 amide bonds. The van der Waals surface area contributed by atoms with E-state index in [-0.39, 0.29) is 5.92 Å². The Kier molecular flexibility index (Phi) is 3.82. The normalized spacial score (nSPS) is 15.9. The maximum atomic E-state index is 11.7. The molecular formula is C17H17N3O3S. The fourth-order valence-corrected chi connectivity index (χ4v) is 4.32. The van der Waals surface area contributed by atoms with Gasteiger partial charge in [-0.3, -0.25) is 0 Å². The number of nitrogens with zero attached hydrogens (tertiary/aromatic N) is 3. The molecular weight excluding hydrogens is 326 g/mol. The minimum absolute atomic E-state index is 0.150. The average molecular weight is 343 g/mol. The fourth-order valence-electron chi connectivity index (χ4n) is 3.22. The van der Waals surface area contributed by atoms with Crippen molar-refractivity contribution < 1.29 is 14.6 Å². The molecule has 0 saturated carbocycles. The summed E-state index contributed by atoms with van der Waals surface area (Å²) >= 11 is 1.24. The molecule has 4 rings (SSSR count). The SMILES string of the molecule is Cc1nn2ccccc2c1-c1nc(C2CCOCC2)c(C(=O)O)s1. The van der Waals surface area contributed by atoms with Crippen LogP contribution >= 0.6 is 11.3 Å². The number of carboxylic acid groups (broad SMARTS) is 1. The van der Waals surface area contributed by atoms with Gasteiger partial charge in [0, 0.05) is 25.3 Å². The smallest absolute Gasteiger partial charge is 0.347 e. The Morgan fingerprint density at radius 3 is 2.92 bits per heavy atom. The molecule has 1 N–H and O–H groups in total. The van der Waals surface area contributed by atoms with Crippen molar-refractivity contribution >= 4 is 22.8 Å². The summed E-state index contributed by atoms with van der Waals surface area (Å²) in [6.45, 7) is 3.25. The Bertz CT molecular complexity index is 909. The van der Waals surface area contributed by atoms with Crippen LogP contribution in [0, 0.1) is 6.92 Å². The van der Waals surface area contributed by atoms with Gasteiger partial charge < -0.3 is 9.84 Å². The van der Waals surface area contributed by atoms with E-state index in [1.165, 1.54) is 11.3 Å². The Labute approximate surface area is 142 Å². The number of aromatic nitrogens is 3. The average Bonchev–Trinajstić information content (AvgIpc) is 3.16. The summed E-state index contributed by atoms with van der Waals surface area (Å²) in [5, 5.41) is 14.8. The molecule has 0 aliphatic carbocycles. The number of thiazole rings is 1. The lowest BCUT2D eigenvalue weighted by atomic mass is 9.95. The molecule has 3 aromatic heterocycles. The zero-order valence-corrected chi connectivity index (χ0v) is 14.0. The molecule has 0 aromatic carbocycles. The summed E-state index contributed by atoms with van der Waals surface area (Å²) in [4.78, 5) is 16.8. The molecule has 7 heteroatoms. The number of aromatic carboxylic acids is 1. The second kappa shape index (κ2) is 5.99. The monoisotopic (exact) mass is 343 g/mol. The van der Waals surface area contributed by atoms with Crippen LogP contribution in [-0.4, -0.2) is 38.9 Å². The highest BCUT2D eigenvalue weighted by Gasteiger charge is 2.28. The van der Waals surface area contributed by atoms with Crippen molar-refractivity contribution in [2.75, 3.05) is 13.2 Å². The molecule has 0 spiro atoms. The van der Waals surface area contributed by atoms with Crippen LogP contribution < -0.4 is 0 Å². The summed E-state index contributed by atoms with van der Waals surface area (Å²) in [7, 11) is 0. The zero-order valence-electron chi connectivity index (χ0n) is 13.2. The zero-order chi connectivity index (χ0) is 16.7. The van der Waals surface area contributed by atoms with E-state index in [0.29, 0.717) is 23.8 Å². The van der Waals surface area contributed by atoms with Crippen LogP contribution in [0.1, 0.15) is 39.8 Å². The van der Waals surface area contributed by atoms with Crippen LogP contribution in [0.25, 0.3) is 16.1 Å². The molecule has 0 atom stereocenters. The second-order valence-electron chi connectivity index (χ2n) is 5.92. The minimum atomic E-state index is -0.908. The van der Waals surface area contributed by atoms with Gasteiger partial charge in [-0.15, -0.1) is 11.3 Å². The van der Waals surface area contributed by atoms with Gasteiger partial charge in [0.2, 0.25) is 0 Å². The number of aryl methyl sites for hydroxylation is 1. The third-order valence-electron chi connectivity index (χ3n) is 4.38. The highest BCUT2D eigenvalue weighted by molar-refractivity contribution is 7.17. The van der Waals surface area contributed by atoms with Crippen molar-refractivity contribution in [3.05, 3.63) is 40.7 Å². The third-order valence-corrected chi connectivity index (χ3v) is 5.46. The number of pyridine rings is 1.